The van der Waals surface area contributed by atoms with E-state index in [1.165, 1.54) is 6.08 Å². The van der Waals surface area contributed by atoms with Crippen molar-refractivity contribution >= 4 is 51.8 Å². The number of nitrogens with one attached hydrogen (secondary N) is 1. The first kappa shape index (κ1) is 24.6. The summed E-state index contributed by atoms with van der Waals surface area (Å²) < 4.78 is 5.35. The van der Waals surface area contributed by atoms with Gasteiger partial charge in [-0.15, -0.1) is 11.3 Å². The number of carbonyl (C=O) groups is 3. The van der Waals surface area contributed by atoms with Gasteiger partial charge >= 0.3 is 5.97 Å². The van der Waals surface area contributed by atoms with Crippen LogP contribution in [0.1, 0.15) is 58.9 Å². The predicted octanol–water partition coefficient (Wildman–Crippen LogP) is 5.41. The number of hydrogen-bond acceptors (Lipinski definition) is 5. The monoisotopic (exact) mass is 462 g/mol. The molecule has 0 spiro atoms. The normalized spacial score (nSPS) is 11.1. The minimum absolute atomic E-state index is 0.177. The Morgan fingerprint density at radius 2 is 1.77 bits per heavy atom. The number of benzene rings is 1. The highest BCUT2D eigenvalue weighted by Crippen LogP contribution is 2.35. The van der Waals surface area contributed by atoms with Crippen LogP contribution in [0.5, 0.6) is 0 Å². The minimum atomic E-state index is -0.570. The third-order valence-electron chi connectivity index (χ3n) is 4.47. The van der Waals surface area contributed by atoms with E-state index in [9.17, 15) is 14.4 Å². The summed E-state index contributed by atoms with van der Waals surface area (Å²) in [7, 11) is 0. The lowest BCUT2D eigenvalue weighted by Gasteiger charge is -2.18. The number of hydrogen-bond donors (Lipinski definition) is 1. The molecule has 31 heavy (non-hydrogen) atoms. The topological polar surface area (TPSA) is 75.7 Å². The van der Waals surface area contributed by atoms with Crippen LogP contribution in [0, 0.1) is 6.92 Å². The molecule has 0 bridgehead atoms. The van der Waals surface area contributed by atoms with Crippen molar-refractivity contribution in [1.29, 1.82) is 0 Å². The number of halogens is 1. The second kappa shape index (κ2) is 11.1. The molecule has 0 saturated carbocycles. The quantitative estimate of drug-likeness (QED) is 0.420. The fourth-order valence-electron chi connectivity index (χ4n) is 2.88. The zero-order valence-electron chi connectivity index (χ0n) is 18.3. The summed E-state index contributed by atoms with van der Waals surface area (Å²) in [6, 6.07) is 7.03. The highest BCUT2D eigenvalue weighted by molar-refractivity contribution is 7.18. The molecule has 0 unspecified atom stereocenters. The number of carbonyl (C=O) groups excluding carboxylic acids is 3. The molecule has 2 rings (SSSR count). The van der Waals surface area contributed by atoms with Crippen molar-refractivity contribution < 1.29 is 19.1 Å². The van der Waals surface area contributed by atoms with Gasteiger partial charge in [0.15, 0.2) is 0 Å². The molecule has 0 radical (unpaired) electrons. The van der Waals surface area contributed by atoms with Gasteiger partial charge in [0.05, 0.1) is 16.5 Å². The van der Waals surface area contributed by atoms with Crippen LogP contribution in [0.15, 0.2) is 30.3 Å². The van der Waals surface area contributed by atoms with Gasteiger partial charge in [-0.3, -0.25) is 9.59 Å². The van der Waals surface area contributed by atoms with Gasteiger partial charge < -0.3 is 15.0 Å². The van der Waals surface area contributed by atoms with E-state index >= 15 is 0 Å². The maximum Gasteiger partial charge on any atom is 0.341 e. The molecule has 1 heterocycles. The van der Waals surface area contributed by atoms with Gasteiger partial charge in [-0.2, -0.15) is 0 Å². The minimum Gasteiger partial charge on any atom is -0.459 e. The van der Waals surface area contributed by atoms with Gasteiger partial charge in [0, 0.05) is 24.2 Å². The molecule has 2 amide bonds. The predicted molar refractivity (Wildman–Crippen MR) is 126 cm³/mol. The third kappa shape index (κ3) is 6.42. The van der Waals surface area contributed by atoms with Crippen LogP contribution in [0.4, 0.5) is 5.00 Å². The van der Waals surface area contributed by atoms with Crippen LogP contribution in [-0.4, -0.2) is 41.9 Å². The second-order valence-electron chi connectivity index (χ2n) is 7.07. The Morgan fingerprint density at radius 1 is 1.16 bits per heavy atom. The highest BCUT2D eigenvalue weighted by atomic mass is 35.5. The Kier molecular flexibility index (Phi) is 8.83. The van der Waals surface area contributed by atoms with Crippen molar-refractivity contribution in [3.05, 3.63) is 56.9 Å². The number of esters is 1. The second-order valence-corrected chi connectivity index (χ2v) is 8.52. The first-order valence-corrected chi connectivity index (χ1v) is 11.3. The fourth-order valence-corrected chi connectivity index (χ4v) is 4.17. The van der Waals surface area contributed by atoms with Crippen LogP contribution < -0.4 is 5.32 Å². The lowest BCUT2D eigenvalue weighted by Crippen LogP contribution is -2.30. The molecule has 0 saturated heterocycles. The molecule has 1 aromatic heterocycles. The van der Waals surface area contributed by atoms with Crippen molar-refractivity contribution in [3.63, 3.8) is 0 Å². The molecule has 8 heteroatoms. The molecule has 0 aliphatic rings. The summed E-state index contributed by atoms with van der Waals surface area (Å²) in [5.74, 6) is -1.17. The molecule has 1 aromatic carbocycles. The zero-order valence-corrected chi connectivity index (χ0v) is 19.9. The Hall–Kier alpha value is -2.64. The van der Waals surface area contributed by atoms with Crippen molar-refractivity contribution in [2.24, 2.45) is 0 Å². The first-order valence-electron chi connectivity index (χ1n) is 10.1. The number of thiophene rings is 1. The maximum atomic E-state index is 12.9. The van der Waals surface area contributed by atoms with Crippen LogP contribution in [0.2, 0.25) is 5.02 Å². The number of rotatable bonds is 8. The van der Waals surface area contributed by atoms with Crippen molar-refractivity contribution in [2.45, 2.75) is 40.7 Å². The molecule has 6 nitrogen and oxygen atoms in total. The lowest BCUT2D eigenvalue weighted by atomic mass is 10.1. The van der Waals surface area contributed by atoms with E-state index in [0.29, 0.717) is 33.6 Å². The summed E-state index contributed by atoms with van der Waals surface area (Å²) in [5, 5.41) is 3.63. The smallest absolute Gasteiger partial charge is 0.341 e. The Labute approximate surface area is 191 Å². The number of ether oxygens (including phenoxy) is 1. The summed E-state index contributed by atoms with van der Waals surface area (Å²) in [4.78, 5) is 40.2. The van der Waals surface area contributed by atoms with Crippen LogP contribution >= 0.6 is 22.9 Å². The largest absolute Gasteiger partial charge is 0.459 e. The molecule has 0 atom stereocenters. The number of nitrogens with zero attached hydrogens (tertiary/aromatic N) is 1. The highest BCUT2D eigenvalue weighted by Gasteiger charge is 2.28. The van der Waals surface area contributed by atoms with E-state index in [-0.39, 0.29) is 17.6 Å². The van der Waals surface area contributed by atoms with Crippen molar-refractivity contribution in [1.82, 2.24) is 4.90 Å². The van der Waals surface area contributed by atoms with Gasteiger partial charge in [-0.25, -0.2) is 4.79 Å². The Morgan fingerprint density at radius 3 is 2.32 bits per heavy atom. The molecule has 2 aromatic rings. The Bertz CT molecular complexity index is 976. The van der Waals surface area contributed by atoms with Gasteiger partial charge in [-0.1, -0.05) is 23.7 Å². The van der Waals surface area contributed by atoms with Gasteiger partial charge in [-0.05, 0) is 64.0 Å². The SMILES string of the molecule is CCN(CC)C(=O)c1sc(NC(=O)/C=C/c2ccc(Cl)cc2)c(C(=O)OC(C)C)c1C. The molecule has 1 N–H and O–H groups in total. The maximum absolute atomic E-state index is 12.9. The van der Waals surface area contributed by atoms with E-state index in [2.05, 4.69) is 5.32 Å². The van der Waals surface area contributed by atoms with E-state index in [0.717, 1.165) is 16.9 Å². The molecule has 0 aliphatic carbocycles. The molecular formula is C23H27ClN2O4S. The van der Waals surface area contributed by atoms with E-state index < -0.39 is 11.9 Å². The number of amides is 2. The summed E-state index contributed by atoms with van der Waals surface area (Å²) in [5.41, 5.74) is 1.52. The average Bonchev–Trinajstić information content (AvgIpc) is 3.03. The van der Waals surface area contributed by atoms with Crippen LogP contribution in [0.3, 0.4) is 0 Å². The van der Waals surface area contributed by atoms with E-state index in [1.807, 2.05) is 13.8 Å². The summed E-state index contributed by atoms with van der Waals surface area (Å²) in [6.07, 6.45) is 2.67. The molecular weight excluding hydrogens is 436 g/mol. The molecule has 166 valence electrons. The van der Waals surface area contributed by atoms with E-state index in [4.69, 9.17) is 16.3 Å². The third-order valence-corrected chi connectivity index (χ3v) is 5.92. The van der Waals surface area contributed by atoms with Crippen molar-refractivity contribution in [3.8, 4) is 0 Å². The lowest BCUT2D eigenvalue weighted by molar-refractivity contribution is -0.111. The van der Waals surface area contributed by atoms with Gasteiger partial charge in [0.2, 0.25) is 5.91 Å². The number of anilines is 1. The van der Waals surface area contributed by atoms with Crippen LogP contribution in [0.25, 0.3) is 6.08 Å². The van der Waals surface area contributed by atoms with Gasteiger partial charge in [0.1, 0.15) is 5.00 Å². The Balaban J connectivity index is 2.36. The first-order chi connectivity index (χ1) is 14.7. The molecule has 0 fully saturated rings. The fraction of sp³-hybridized carbons (Fsp3) is 0.348. The summed E-state index contributed by atoms with van der Waals surface area (Å²) in [6.45, 7) is 10.1. The zero-order chi connectivity index (χ0) is 23.1. The van der Waals surface area contributed by atoms with Crippen LogP contribution in [-0.2, 0) is 9.53 Å². The molecule has 0 aliphatic heterocycles. The van der Waals surface area contributed by atoms with Crippen molar-refractivity contribution in [2.75, 3.05) is 18.4 Å². The van der Waals surface area contributed by atoms with Gasteiger partial charge in [0.25, 0.3) is 5.91 Å². The average molecular weight is 463 g/mol. The standard InChI is InChI=1S/C23H27ClN2O4S/c1-6-26(7-2)22(28)20-15(5)19(23(29)30-14(3)4)21(31-20)25-18(27)13-10-16-8-11-17(24)12-9-16/h8-14H,6-7H2,1-5H3,(H,25,27)/b13-10+. The summed E-state index contributed by atoms with van der Waals surface area (Å²) >= 11 is 6.96. The van der Waals surface area contributed by atoms with E-state index in [1.54, 1.807) is 56.0 Å².